The molecule has 0 atom stereocenters. The van der Waals surface area contributed by atoms with Crippen LogP contribution in [0.4, 0.5) is 5.69 Å². The van der Waals surface area contributed by atoms with Crippen LogP contribution in [-0.4, -0.2) is 41.1 Å². The van der Waals surface area contributed by atoms with Crippen LogP contribution in [0, 0.1) is 6.92 Å². The summed E-state index contributed by atoms with van der Waals surface area (Å²) < 4.78 is 7.15. The quantitative estimate of drug-likeness (QED) is 0.642. The first-order chi connectivity index (χ1) is 15.5. The Hall–Kier alpha value is -3.68. The molecule has 8 heteroatoms. The zero-order valence-electron chi connectivity index (χ0n) is 18.3. The van der Waals surface area contributed by atoms with E-state index in [1.807, 2.05) is 44.2 Å². The standard InChI is InChI=1S/C24H26N4O4/c1-3-25-22(29)11-9-18-24(31)28(19-7-5-4-6-17(19)26-18)15-23(30)27-12-13-32-21-10-8-16(2)14-20(21)27/h4-8,10,14H,3,9,11-13,15H2,1-2H3,(H,25,29). The largest absolute Gasteiger partial charge is 0.490 e. The Morgan fingerprint density at radius 3 is 2.81 bits per heavy atom. The zero-order chi connectivity index (χ0) is 22.7. The number of rotatable bonds is 6. The van der Waals surface area contributed by atoms with Crippen LogP contribution in [0.1, 0.15) is 24.6 Å². The molecule has 2 heterocycles. The van der Waals surface area contributed by atoms with Crippen LogP contribution in [-0.2, 0) is 22.6 Å². The van der Waals surface area contributed by atoms with Gasteiger partial charge in [0.2, 0.25) is 11.8 Å². The van der Waals surface area contributed by atoms with Crippen molar-refractivity contribution in [1.29, 1.82) is 0 Å². The molecule has 0 radical (unpaired) electrons. The van der Waals surface area contributed by atoms with E-state index < -0.39 is 0 Å². The van der Waals surface area contributed by atoms with Gasteiger partial charge in [-0.25, -0.2) is 4.98 Å². The lowest BCUT2D eigenvalue weighted by Crippen LogP contribution is -2.42. The Kier molecular flexibility index (Phi) is 6.20. The Labute approximate surface area is 185 Å². The normalized spacial score (nSPS) is 12.9. The van der Waals surface area contributed by atoms with E-state index in [2.05, 4.69) is 10.3 Å². The van der Waals surface area contributed by atoms with Crippen molar-refractivity contribution in [3.8, 4) is 5.75 Å². The van der Waals surface area contributed by atoms with Crippen LogP contribution in [0.15, 0.2) is 47.3 Å². The number of aromatic nitrogens is 2. The molecule has 2 amide bonds. The van der Waals surface area contributed by atoms with Gasteiger partial charge in [0.1, 0.15) is 24.6 Å². The summed E-state index contributed by atoms with van der Waals surface area (Å²) in [5.41, 5.74) is 2.87. The summed E-state index contributed by atoms with van der Waals surface area (Å²) in [5.74, 6) is 0.322. The third-order valence-electron chi connectivity index (χ3n) is 5.45. The fraction of sp³-hybridized carbons (Fsp3) is 0.333. The number of benzene rings is 2. The maximum Gasteiger partial charge on any atom is 0.273 e. The Morgan fingerprint density at radius 1 is 1.19 bits per heavy atom. The Balaban J connectivity index is 1.68. The van der Waals surface area contributed by atoms with Gasteiger partial charge in [-0.15, -0.1) is 0 Å². The second-order valence-corrected chi connectivity index (χ2v) is 7.76. The molecular formula is C24H26N4O4. The van der Waals surface area contributed by atoms with Gasteiger partial charge in [0.25, 0.3) is 5.56 Å². The minimum absolute atomic E-state index is 0.122. The van der Waals surface area contributed by atoms with Gasteiger partial charge in [0.15, 0.2) is 0 Å². The molecule has 1 N–H and O–H groups in total. The fourth-order valence-corrected chi connectivity index (χ4v) is 3.89. The first kappa shape index (κ1) is 21.5. The molecule has 0 unspecified atom stereocenters. The van der Waals surface area contributed by atoms with Crippen molar-refractivity contribution in [3.63, 3.8) is 0 Å². The van der Waals surface area contributed by atoms with Crippen LogP contribution in [0.5, 0.6) is 5.75 Å². The molecule has 0 saturated heterocycles. The van der Waals surface area contributed by atoms with Gasteiger partial charge in [-0.3, -0.25) is 19.0 Å². The maximum absolute atomic E-state index is 13.3. The number of hydrogen-bond donors (Lipinski definition) is 1. The van der Waals surface area contributed by atoms with Gasteiger partial charge >= 0.3 is 0 Å². The van der Waals surface area contributed by atoms with Gasteiger partial charge in [-0.1, -0.05) is 18.2 Å². The van der Waals surface area contributed by atoms with Gasteiger partial charge in [-0.05, 0) is 43.7 Å². The first-order valence-electron chi connectivity index (χ1n) is 10.8. The number of amides is 2. The summed E-state index contributed by atoms with van der Waals surface area (Å²) in [5, 5.41) is 2.73. The maximum atomic E-state index is 13.3. The molecular weight excluding hydrogens is 408 g/mol. The smallest absolute Gasteiger partial charge is 0.273 e. The van der Waals surface area contributed by atoms with E-state index in [1.165, 1.54) is 4.57 Å². The zero-order valence-corrected chi connectivity index (χ0v) is 18.3. The van der Waals surface area contributed by atoms with E-state index in [0.29, 0.717) is 42.2 Å². The van der Waals surface area contributed by atoms with E-state index in [4.69, 9.17) is 4.74 Å². The lowest BCUT2D eigenvalue weighted by Gasteiger charge is -2.30. The molecule has 2 aromatic carbocycles. The summed E-state index contributed by atoms with van der Waals surface area (Å²) in [6.07, 6.45) is 0.377. The number of carbonyl (C=O) groups is 2. The summed E-state index contributed by atoms with van der Waals surface area (Å²) >= 11 is 0. The molecule has 8 nitrogen and oxygen atoms in total. The lowest BCUT2D eigenvalue weighted by atomic mass is 10.1. The van der Waals surface area contributed by atoms with Crippen molar-refractivity contribution in [2.75, 3.05) is 24.6 Å². The predicted molar refractivity (Wildman–Crippen MR) is 122 cm³/mol. The molecule has 1 aromatic heterocycles. The number of hydrogen-bond acceptors (Lipinski definition) is 5. The molecule has 0 saturated carbocycles. The minimum atomic E-state index is -0.348. The van der Waals surface area contributed by atoms with Crippen molar-refractivity contribution >= 4 is 28.5 Å². The summed E-state index contributed by atoms with van der Waals surface area (Å²) in [6, 6.07) is 12.9. The number of fused-ring (bicyclic) bond motifs is 2. The van der Waals surface area contributed by atoms with Crippen LogP contribution in [0.3, 0.4) is 0 Å². The topological polar surface area (TPSA) is 93.5 Å². The van der Waals surface area contributed by atoms with Crippen molar-refractivity contribution in [2.45, 2.75) is 33.2 Å². The van der Waals surface area contributed by atoms with Gasteiger partial charge in [0, 0.05) is 19.4 Å². The van der Waals surface area contributed by atoms with E-state index >= 15 is 0 Å². The molecule has 1 aliphatic heterocycles. The van der Waals surface area contributed by atoms with Crippen LogP contribution in [0.2, 0.25) is 0 Å². The molecule has 3 aromatic rings. The molecule has 0 aliphatic carbocycles. The van der Waals surface area contributed by atoms with Crippen molar-refractivity contribution < 1.29 is 14.3 Å². The number of nitrogens with one attached hydrogen (secondary N) is 1. The lowest BCUT2D eigenvalue weighted by molar-refractivity contribution is -0.121. The summed E-state index contributed by atoms with van der Waals surface area (Å²) in [6.45, 7) is 5.02. The third kappa shape index (κ3) is 4.34. The Morgan fingerprint density at radius 2 is 2.00 bits per heavy atom. The minimum Gasteiger partial charge on any atom is -0.490 e. The predicted octanol–water partition coefficient (Wildman–Crippen LogP) is 2.20. The summed E-state index contributed by atoms with van der Waals surface area (Å²) in [7, 11) is 0. The second kappa shape index (κ2) is 9.21. The van der Waals surface area contributed by atoms with E-state index in [-0.39, 0.29) is 42.5 Å². The molecule has 166 valence electrons. The Bertz CT molecular complexity index is 1230. The SMILES string of the molecule is CCNC(=O)CCc1nc2ccccc2n(CC(=O)N2CCOc3ccc(C)cc32)c1=O. The first-order valence-corrected chi connectivity index (χ1v) is 10.8. The van der Waals surface area contributed by atoms with Gasteiger partial charge < -0.3 is 15.0 Å². The number of anilines is 1. The molecule has 0 bridgehead atoms. The molecule has 1 aliphatic rings. The highest BCUT2D eigenvalue weighted by atomic mass is 16.5. The average Bonchev–Trinajstić information content (AvgIpc) is 2.79. The van der Waals surface area contributed by atoms with Gasteiger partial charge in [-0.2, -0.15) is 0 Å². The average molecular weight is 434 g/mol. The monoisotopic (exact) mass is 434 g/mol. The van der Waals surface area contributed by atoms with Crippen LogP contribution in [0.25, 0.3) is 11.0 Å². The van der Waals surface area contributed by atoms with Crippen molar-refractivity contribution in [2.24, 2.45) is 0 Å². The highest BCUT2D eigenvalue weighted by Gasteiger charge is 2.25. The van der Waals surface area contributed by atoms with Crippen molar-refractivity contribution in [1.82, 2.24) is 14.9 Å². The number of carbonyl (C=O) groups excluding carboxylic acids is 2. The van der Waals surface area contributed by atoms with E-state index in [0.717, 1.165) is 5.56 Å². The molecule has 0 fully saturated rings. The van der Waals surface area contributed by atoms with Crippen LogP contribution < -0.4 is 20.5 Å². The highest BCUT2D eigenvalue weighted by Crippen LogP contribution is 2.32. The fourth-order valence-electron chi connectivity index (χ4n) is 3.89. The molecule has 32 heavy (non-hydrogen) atoms. The van der Waals surface area contributed by atoms with Crippen molar-refractivity contribution in [3.05, 3.63) is 64.1 Å². The van der Waals surface area contributed by atoms with Gasteiger partial charge in [0.05, 0.1) is 23.3 Å². The number of aryl methyl sites for hydroxylation is 2. The number of nitrogens with zero attached hydrogens (tertiary/aromatic N) is 3. The molecule has 0 spiro atoms. The number of ether oxygens (including phenoxy) is 1. The summed E-state index contributed by atoms with van der Waals surface area (Å²) in [4.78, 5) is 44.6. The third-order valence-corrected chi connectivity index (χ3v) is 5.45. The van der Waals surface area contributed by atoms with E-state index in [1.54, 1.807) is 17.0 Å². The number of para-hydroxylation sites is 2. The van der Waals surface area contributed by atoms with E-state index in [9.17, 15) is 14.4 Å². The highest BCUT2D eigenvalue weighted by molar-refractivity contribution is 5.96. The second-order valence-electron chi connectivity index (χ2n) is 7.76. The molecule has 4 rings (SSSR count). The van der Waals surface area contributed by atoms with Crippen LogP contribution >= 0.6 is 0 Å².